The molecule has 0 atom stereocenters. The smallest absolute Gasteiger partial charge is 0.341 e. The summed E-state index contributed by atoms with van der Waals surface area (Å²) in [6.07, 6.45) is 0. The molecule has 1 N–H and O–H groups in total. The van der Waals surface area contributed by atoms with E-state index in [1.165, 1.54) is 7.11 Å². The molecule has 0 saturated carbocycles. The van der Waals surface area contributed by atoms with Gasteiger partial charge in [-0.15, -0.1) is 0 Å². The molecule has 1 aromatic rings. The number of esters is 1. The molecule has 0 radical (unpaired) electrons. The number of rotatable bonds is 5. The Balaban J connectivity index is 2.62. The van der Waals surface area contributed by atoms with Gasteiger partial charge >= 0.3 is 5.97 Å². The number of furan rings is 1. The molecule has 0 saturated heterocycles. The highest BCUT2D eigenvalue weighted by atomic mass is 35.5. The molecule has 1 rings (SSSR count). The molecule has 0 bridgehead atoms. The van der Waals surface area contributed by atoms with E-state index in [0.717, 1.165) is 0 Å². The number of carbonyl (C=O) groups is 1. The lowest BCUT2D eigenvalue weighted by atomic mass is 10.2. The molecule has 0 amide bonds. The lowest BCUT2D eigenvalue weighted by Crippen LogP contribution is -2.13. The number of hydrogen-bond donors (Lipinski definition) is 1. The predicted molar refractivity (Wildman–Crippen MR) is 61.5 cm³/mol. The first-order valence-electron chi connectivity index (χ1n) is 4.76. The van der Waals surface area contributed by atoms with Crippen molar-refractivity contribution < 1.29 is 13.9 Å². The average molecular weight is 244 g/mol. The fraction of sp³-hybridized carbons (Fsp3) is 0.364. The van der Waals surface area contributed by atoms with E-state index in [2.05, 4.69) is 16.6 Å². The number of carbonyl (C=O) groups excluding carboxylic acids is 1. The highest BCUT2D eigenvalue weighted by Gasteiger charge is 2.14. The second-order valence-electron chi connectivity index (χ2n) is 3.29. The third-order valence-corrected chi connectivity index (χ3v) is 2.12. The van der Waals surface area contributed by atoms with Crippen LogP contribution in [0.3, 0.4) is 0 Å². The van der Waals surface area contributed by atoms with E-state index in [-0.39, 0.29) is 0 Å². The van der Waals surface area contributed by atoms with Crippen LogP contribution in [0.15, 0.2) is 22.1 Å². The van der Waals surface area contributed by atoms with Gasteiger partial charge in [-0.05, 0) is 13.0 Å². The van der Waals surface area contributed by atoms with Crippen LogP contribution in [0, 0.1) is 6.92 Å². The first kappa shape index (κ1) is 12.8. The van der Waals surface area contributed by atoms with Gasteiger partial charge in [0.2, 0.25) is 0 Å². The zero-order valence-corrected chi connectivity index (χ0v) is 10.1. The Morgan fingerprint density at radius 3 is 2.94 bits per heavy atom. The third-order valence-electron chi connectivity index (χ3n) is 1.99. The van der Waals surface area contributed by atoms with E-state index in [1.54, 1.807) is 13.0 Å². The van der Waals surface area contributed by atoms with Gasteiger partial charge in [-0.1, -0.05) is 18.2 Å². The summed E-state index contributed by atoms with van der Waals surface area (Å²) < 4.78 is 10.0. The molecule has 0 unspecified atom stereocenters. The van der Waals surface area contributed by atoms with Gasteiger partial charge in [-0.25, -0.2) is 4.79 Å². The minimum Gasteiger partial charge on any atom is -0.465 e. The van der Waals surface area contributed by atoms with E-state index in [9.17, 15) is 4.79 Å². The van der Waals surface area contributed by atoms with Crippen LogP contribution in [-0.2, 0) is 11.3 Å². The molecule has 0 aliphatic rings. The van der Waals surface area contributed by atoms with Crippen LogP contribution in [0.1, 0.15) is 21.9 Å². The molecule has 88 valence electrons. The summed E-state index contributed by atoms with van der Waals surface area (Å²) in [6.45, 7) is 6.25. The monoisotopic (exact) mass is 243 g/mol. The molecule has 16 heavy (non-hydrogen) atoms. The maximum atomic E-state index is 11.3. The van der Waals surface area contributed by atoms with Crippen molar-refractivity contribution in [3.8, 4) is 0 Å². The first-order chi connectivity index (χ1) is 7.54. The maximum absolute atomic E-state index is 11.3. The van der Waals surface area contributed by atoms with Crippen molar-refractivity contribution in [3.05, 3.63) is 34.8 Å². The van der Waals surface area contributed by atoms with Crippen LogP contribution >= 0.6 is 11.6 Å². The summed E-state index contributed by atoms with van der Waals surface area (Å²) >= 11 is 5.59. The fourth-order valence-corrected chi connectivity index (χ4v) is 1.36. The number of halogens is 1. The van der Waals surface area contributed by atoms with Crippen molar-refractivity contribution in [2.24, 2.45) is 0 Å². The summed E-state index contributed by atoms with van der Waals surface area (Å²) in [5, 5.41) is 3.55. The molecular weight excluding hydrogens is 230 g/mol. The minimum absolute atomic E-state index is 0.394. The summed E-state index contributed by atoms with van der Waals surface area (Å²) in [6, 6.07) is 1.66. The number of aryl methyl sites for hydroxylation is 1. The van der Waals surface area contributed by atoms with Crippen LogP contribution in [-0.4, -0.2) is 19.6 Å². The second-order valence-corrected chi connectivity index (χ2v) is 3.83. The Kier molecular flexibility index (Phi) is 4.58. The second kappa shape index (κ2) is 5.72. The molecule has 0 aromatic carbocycles. The molecular formula is C11H14ClNO3. The quantitative estimate of drug-likeness (QED) is 0.806. The zero-order chi connectivity index (χ0) is 12.1. The minimum atomic E-state index is -0.394. The summed E-state index contributed by atoms with van der Waals surface area (Å²) in [4.78, 5) is 11.3. The number of nitrogens with one attached hydrogen (secondary N) is 1. The molecule has 1 aromatic heterocycles. The van der Waals surface area contributed by atoms with Crippen molar-refractivity contribution in [3.63, 3.8) is 0 Å². The fourth-order valence-electron chi connectivity index (χ4n) is 1.26. The Hall–Kier alpha value is -1.26. The van der Waals surface area contributed by atoms with Gasteiger partial charge in [-0.3, -0.25) is 0 Å². The van der Waals surface area contributed by atoms with E-state index < -0.39 is 5.97 Å². The maximum Gasteiger partial charge on any atom is 0.341 e. The molecule has 0 fully saturated rings. The molecule has 4 nitrogen and oxygen atoms in total. The molecule has 5 heteroatoms. The predicted octanol–water partition coefficient (Wildman–Crippen LogP) is 2.22. The summed E-state index contributed by atoms with van der Waals surface area (Å²) in [5.41, 5.74) is 0.448. The molecule has 0 aliphatic carbocycles. The van der Waals surface area contributed by atoms with Gasteiger partial charge in [0.15, 0.2) is 0 Å². The average Bonchev–Trinajstić information content (AvgIpc) is 2.58. The molecule has 1 heterocycles. The van der Waals surface area contributed by atoms with Crippen LogP contribution in [0.5, 0.6) is 0 Å². The number of hydrogen-bond acceptors (Lipinski definition) is 4. The van der Waals surface area contributed by atoms with Crippen molar-refractivity contribution in [1.82, 2.24) is 5.32 Å². The Bertz CT molecular complexity index is 398. The van der Waals surface area contributed by atoms with Gasteiger partial charge in [0.05, 0.1) is 13.7 Å². The summed E-state index contributed by atoms with van der Waals surface area (Å²) in [5.74, 6) is 0.818. The summed E-state index contributed by atoms with van der Waals surface area (Å²) in [7, 11) is 1.34. The van der Waals surface area contributed by atoms with E-state index in [0.29, 0.717) is 35.2 Å². The number of ether oxygens (including phenoxy) is 1. The normalized spacial score (nSPS) is 10.2. The van der Waals surface area contributed by atoms with Gasteiger partial charge in [0.1, 0.15) is 17.1 Å². The largest absolute Gasteiger partial charge is 0.465 e. The highest BCUT2D eigenvalue weighted by Crippen LogP contribution is 2.15. The van der Waals surface area contributed by atoms with Crippen LogP contribution in [0.2, 0.25) is 0 Å². The lowest BCUT2D eigenvalue weighted by Gasteiger charge is -1.99. The van der Waals surface area contributed by atoms with Gasteiger partial charge in [0.25, 0.3) is 0 Å². The zero-order valence-electron chi connectivity index (χ0n) is 9.30. The van der Waals surface area contributed by atoms with Crippen LogP contribution in [0.4, 0.5) is 0 Å². The van der Waals surface area contributed by atoms with Gasteiger partial charge < -0.3 is 14.5 Å². The van der Waals surface area contributed by atoms with Crippen molar-refractivity contribution in [1.29, 1.82) is 0 Å². The molecule has 0 spiro atoms. The van der Waals surface area contributed by atoms with Crippen molar-refractivity contribution >= 4 is 17.6 Å². The van der Waals surface area contributed by atoms with E-state index >= 15 is 0 Å². The highest BCUT2D eigenvalue weighted by molar-refractivity contribution is 6.29. The Labute approximate surface area is 99.2 Å². The first-order valence-corrected chi connectivity index (χ1v) is 5.14. The van der Waals surface area contributed by atoms with E-state index in [1.807, 2.05) is 0 Å². The molecule has 0 aliphatic heterocycles. The van der Waals surface area contributed by atoms with Gasteiger partial charge in [-0.2, -0.15) is 0 Å². The van der Waals surface area contributed by atoms with E-state index in [4.69, 9.17) is 16.0 Å². The van der Waals surface area contributed by atoms with Crippen molar-refractivity contribution in [2.75, 3.05) is 13.7 Å². The third kappa shape index (κ3) is 3.40. The Morgan fingerprint density at radius 2 is 2.38 bits per heavy atom. The van der Waals surface area contributed by atoms with Crippen LogP contribution in [0.25, 0.3) is 0 Å². The van der Waals surface area contributed by atoms with Crippen LogP contribution < -0.4 is 5.32 Å². The number of methoxy groups -OCH3 is 1. The standard InChI is InChI=1S/C11H14ClNO3/c1-7(12)5-13-6-9-4-10(8(2)16-9)11(14)15-3/h4,13H,1,5-6H2,2-3H3. The van der Waals surface area contributed by atoms with Gasteiger partial charge in [0, 0.05) is 11.6 Å². The SMILES string of the molecule is C=C(Cl)CNCc1cc(C(=O)OC)c(C)o1. The topological polar surface area (TPSA) is 51.5 Å². The Morgan fingerprint density at radius 1 is 1.69 bits per heavy atom. The lowest BCUT2D eigenvalue weighted by molar-refractivity contribution is 0.0599. The van der Waals surface area contributed by atoms with Crippen molar-refractivity contribution in [2.45, 2.75) is 13.5 Å².